The topological polar surface area (TPSA) is 46.8 Å². The number of hydrogen-bond acceptors (Lipinski definition) is 4. The van der Waals surface area contributed by atoms with Gasteiger partial charge in [-0.1, -0.05) is 0 Å². The molecule has 0 unspecified atom stereocenters. The molecule has 0 bridgehead atoms. The van der Waals surface area contributed by atoms with Gasteiger partial charge < -0.3 is 4.90 Å². The molecule has 1 fully saturated rings. The molecule has 1 aliphatic rings. The molecule has 0 atom stereocenters. The van der Waals surface area contributed by atoms with Crippen molar-refractivity contribution in [3.63, 3.8) is 0 Å². The third kappa shape index (κ3) is 2.69. The highest BCUT2D eigenvalue weighted by Gasteiger charge is 2.28. The van der Waals surface area contributed by atoms with Crippen LogP contribution in [0.15, 0.2) is 29.0 Å². The lowest BCUT2D eigenvalue weighted by Gasteiger charge is -2.40. The Morgan fingerprint density at radius 1 is 1.17 bits per heavy atom. The van der Waals surface area contributed by atoms with Crippen LogP contribution >= 0.6 is 15.9 Å². The quantitative estimate of drug-likeness (QED) is 0.690. The lowest BCUT2D eigenvalue weighted by molar-refractivity contribution is 0.340. The van der Waals surface area contributed by atoms with Crippen LogP contribution < -0.4 is 4.90 Å². The van der Waals surface area contributed by atoms with Crippen LogP contribution in [0.4, 0.5) is 5.82 Å². The highest BCUT2D eigenvalue weighted by Crippen LogP contribution is 2.30. The summed E-state index contributed by atoms with van der Waals surface area (Å²) in [5, 5.41) is 5.48. The van der Waals surface area contributed by atoms with Crippen LogP contribution in [-0.4, -0.2) is 32.8 Å². The normalized spacial score (nSPS) is 15.1. The molecule has 24 heavy (non-hydrogen) atoms. The van der Waals surface area contributed by atoms with E-state index in [1.54, 1.807) is 0 Å². The van der Waals surface area contributed by atoms with Gasteiger partial charge in [0.25, 0.3) is 0 Å². The summed E-state index contributed by atoms with van der Waals surface area (Å²) in [5.74, 6) is 1.65. The molecule has 0 N–H and O–H groups in total. The summed E-state index contributed by atoms with van der Waals surface area (Å²) in [6.45, 7) is 9.20. The first-order valence-electron chi connectivity index (χ1n) is 8.18. The molecule has 124 valence electrons. The number of aryl methyl sites for hydroxylation is 3. The molecular weight excluding hydrogens is 366 g/mol. The second kappa shape index (κ2) is 5.84. The summed E-state index contributed by atoms with van der Waals surface area (Å²) < 4.78 is 3.11. The van der Waals surface area contributed by atoms with Gasteiger partial charge in [0.2, 0.25) is 0 Å². The Kier molecular flexibility index (Phi) is 3.79. The molecule has 0 aliphatic carbocycles. The van der Waals surface area contributed by atoms with Crippen molar-refractivity contribution in [1.82, 2.24) is 19.7 Å². The second-order valence-electron chi connectivity index (χ2n) is 6.69. The van der Waals surface area contributed by atoms with E-state index in [1.807, 2.05) is 17.8 Å². The maximum absolute atomic E-state index is 4.78. The molecule has 3 aromatic rings. The third-order valence-electron chi connectivity index (χ3n) is 4.67. The van der Waals surface area contributed by atoms with Crippen molar-refractivity contribution in [1.29, 1.82) is 0 Å². The summed E-state index contributed by atoms with van der Waals surface area (Å²) in [6.07, 6.45) is 4.01. The monoisotopic (exact) mass is 385 g/mol. The first-order chi connectivity index (χ1) is 11.5. The summed E-state index contributed by atoms with van der Waals surface area (Å²) in [5.41, 5.74) is 4.23. The number of fused-ring (bicyclic) bond motifs is 1. The Hall–Kier alpha value is -1.95. The van der Waals surface area contributed by atoms with Gasteiger partial charge in [0.15, 0.2) is 5.65 Å². The van der Waals surface area contributed by atoms with Crippen LogP contribution in [0.3, 0.4) is 0 Å². The fourth-order valence-electron chi connectivity index (χ4n) is 3.29. The van der Waals surface area contributed by atoms with Gasteiger partial charge >= 0.3 is 0 Å². The molecule has 1 saturated heterocycles. The molecule has 4 heterocycles. The number of pyridine rings is 2. The van der Waals surface area contributed by atoms with Crippen LogP contribution in [-0.2, 0) is 6.54 Å². The highest BCUT2D eigenvalue weighted by molar-refractivity contribution is 9.10. The average Bonchev–Trinajstić information content (AvgIpc) is 2.93. The summed E-state index contributed by atoms with van der Waals surface area (Å²) in [7, 11) is 0. The lowest BCUT2D eigenvalue weighted by atomic mass is 10.00. The van der Waals surface area contributed by atoms with Gasteiger partial charge in [-0.3, -0.25) is 4.68 Å². The average molecular weight is 386 g/mol. The number of aromatic nitrogens is 4. The Labute approximate surface area is 149 Å². The van der Waals surface area contributed by atoms with Crippen molar-refractivity contribution in [3.05, 3.63) is 45.8 Å². The van der Waals surface area contributed by atoms with Crippen molar-refractivity contribution in [2.75, 3.05) is 18.0 Å². The predicted octanol–water partition coefficient (Wildman–Crippen LogP) is 3.65. The van der Waals surface area contributed by atoms with E-state index in [9.17, 15) is 0 Å². The summed E-state index contributed by atoms with van der Waals surface area (Å²) in [4.78, 5) is 11.7. The van der Waals surface area contributed by atoms with Crippen LogP contribution in [0, 0.1) is 26.7 Å². The lowest BCUT2D eigenvalue weighted by Crippen LogP contribution is -2.49. The van der Waals surface area contributed by atoms with Gasteiger partial charge in [0.05, 0.1) is 11.9 Å². The zero-order valence-electron chi connectivity index (χ0n) is 14.1. The Bertz CT molecular complexity index is 911. The van der Waals surface area contributed by atoms with Crippen LogP contribution in [0.5, 0.6) is 0 Å². The standard InChI is InChI=1S/C18H20BrN5/c1-11-6-20-24(7-11)10-14-8-23(9-14)16-5-4-15-12(2)17(19)13(3)21-18(15)22-16/h4-7,14H,8-10H2,1-3H3. The Morgan fingerprint density at radius 2 is 1.96 bits per heavy atom. The summed E-state index contributed by atoms with van der Waals surface area (Å²) >= 11 is 3.60. The fourth-order valence-corrected chi connectivity index (χ4v) is 3.60. The first-order valence-corrected chi connectivity index (χ1v) is 8.98. The van der Waals surface area contributed by atoms with E-state index in [1.165, 1.54) is 11.1 Å². The van der Waals surface area contributed by atoms with E-state index < -0.39 is 0 Å². The van der Waals surface area contributed by atoms with Crippen molar-refractivity contribution in [2.45, 2.75) is 27.3 Å². The number of halogens is 1. The molecule has 1 aliphatic heterocycles. The van der Waals surface area contributed by atoms with E-state index in [4.69, 9.17) is 4.98 Å². The Morgan fingerprint density at radius 3 is 2.67 bits per heavy atom. The van der Waals surface area contributed by atoms with Gasteiger partial charge in [-0.25, -0.2) is 9.97 Å². The maximum Gasteiger partial charge on any atom is 0.162 e. The summed E-state index contributed by atoms with van der Waals surface area (Å²) in [6, 6.07) is 4.24. The molecule has 4 rings (SSSR count). The minimum atomic E-state index is 0.628. The van der Waals surface area contributed by atoms with E-state index >= 15 is 0 Å². The van der Waals surface area contributed by atoms with Gasteiger partial charge in [-0.2, -0.15) is 5.10 Å². The van der Waals surface area contributed by atoms with Crippen molar-refractivity contribution in [3.8, 4) is 0 Å². The van der Waals surface area contributed by atoms with Crippen LogP contribution in [0.1, 0.15) is 16.8 Å². The van der Waals surface area contributed by atoms with Crippen molar-refractivity contribution < 1.29 is 0 Å². The Balaban J connectivity index is 1.51. The van der Waals surface area contributed by atoms with E-state index in [-0.39, 0.29) is 0 Å². The SMILES string of the molecule is Cc1cnn(CC2CN(c3ccc4c(C)c(Br)c(C)nc4n3)C2)c1. The molecular formula is C18H20BrN5. The molecule has 3 aromatic heterocycles. The van der Waals surface area contributed by atoms with E-state index in [0.717, 1.165) is 46.7 Å². The minimum Gasteiger partial charge on any atom is -0.356 e. The van der Waals surface area contributed by atoms with Crippen molar-refractivity contribution in [2.24, 2.45) is 5.92 Å². The van der Waals surface area contributed by atoms with Crippen molar-refractivity contribution >= 4 is 32.8 Å². The molecule has 0 amide bonds. The van der Waals surface area contributed by atoms with E-state index in [0.29, 0.717) is 5.92 Å². The number of hydrogen-bond donors (Lipinski definition) is 0. The second-order valence-corrected chi connectivity index (χ2v) is 7.48. The van der Waals surface area contributed by atoms with Gasteiger partial charge in [0.1, 0.15) is 5.82 Å². The first kappa shape index (κ1) is 15.6. The highest BCUT2D eigenvalue weighted by atomic mass is 79.9. The van der Waals surface area contributed by atoms with Crippen LogP contribution in [0.2, 0.25) is 0 Å². The van der Waals surface area contributed by atoms with Gasteiger partial charge in [-0.15, -0.1) is 0 Å². The molecule has 0 spiro atoms. The largest absolute Gasteiger partial charge is 0.356 e. The molecule has 0 aromatic carbocycles. The van der Waals surface area contributed by atoms with Gasteiger partial charge in [-0.05, 0) is 60.0 Å². The third-order valence-corrected chi connectivity index (χ3v) is 5.84. The number of anilines is 1. The molecule has 6 heteroatoms. The molecule has 0 radical (unpaired) electrons. The maximum atomic E-state index is 4.78. The van der Waals surface area contributed by atoms with E-state index in [2.05, 4.69) is 63.1 Å². The molecule has 5 nitrogen and oxygen atoms in total. The smallest absolute Gasteiger partial charge is 0.162 e. The number of rotatable bonds is 3. The molecule has 0 saturated carbocycles. The number of nitrogens with zero attached hydrogens (tertiary/aromatic N) is 5. The zero-order valence-corrected chi connectivity index (χ0v) is 15.7. The van der Waals surface area contributed by atoms with Crippen LogP contribution in [0.25, 0.3) is 11.0 Å². The zero-order chi connectivity index (χ0) is 16.8. The minimum absolute atomic E-state index is 0.628. The fraction of sp³-hybridized carbons (Fsp3) is 0.389. The predicted molar refractivity (Wildman–Crippen MR) is 99.4 cm³/mol. The van der Waals surface area contributed by atoms with Gasteiger partial charge in [0, 0.05) is 41.6 Å².